The number of rotatable bonds is 5. The smallest absolute Gasteiger partial charge is 0.193 e. The van der Waals surface area contributed by atoms with Gasteiger partial charge in [-0.1, -0.05) is 23.7 Å². The van der Waals surface area contributed by atoms with Gasteiger partial charge in [-0.05, 0) is 37.0 Å². The number of sulfone groups is 1. The lowest BCUT2D eigenvalue weighted by Gasteiger charge is -2.22. The number of benzene rings is 1. The van der Waals surface area contributed by atoms with Crippen molar-refractivity contribution in [2.75, 3.05) is 31.6 Å². The SMILES string of the molecule is CCNC(=NCC1CCS(=O)(=O)C1)N(C)Cc1ccc(Cl)cc1. The van der Waals surface area contributed by atoms with Gasteiger partial charge in [0.15, 0.2) is 15.8 Å². The predicted molar refractivity (Wildman–Crippen MR) is 95.7 cm³/mol. The molecule has 1 N–H and O–H groups in total. The second kappa shape index (κ2) is 8.02. The Morgan fingerprint density at radius 2 is 2.09 bits per heavy atom. The molecule has 1 aliphatic heterocycles. The number of halogens is 1. The summed E-state index contributed by atoms with van der Waals surface area (Å²) in [6.45, 7) is 4.05. The van der Waals surface area contributed by atoms with Gasteiger partial charge in [0, 0.05) is 31.7 Å². The third kappa shape index (κ3) is 5.70. The standard InChI is InChI=1S/C16H24ClN3O2S/c1-3-18-16(19-10-14-8-9-23(21,22)12-14)20(2)11-13-4-6-15(17)7-5-13/h4-7,14H,3,8-12H2,1-2H3,(H,18,19). The van der Waals surface area contributed by atoms with Crippen molar-refractivity contribution < 1.29 is 8.42 Å². The molecule has 0 aliphatic carbocycles. The molecule has 0 radical (unpaired) electrons. The van der Waals surface area contributed by atoms with Crippen LogP contribution in [0.25, 0.3) is 0 Å². The molecule has 1 aromatic rings. The van der Waals surface area contributed by atoms with Crippen LogP contribution in [0.1, 0.15) is 18.9 Å². The average molecular weight is 358 g/mol. The Morgan fingerprint density at radius 1 is 1.39 bits per heavy atom. The van der Waals surface area contributed by atoms with Gasteiger partial charge in [0.2, 0.25) is 0 Å². The lowest BCUT2D eigenvalue weighted by Crippen LogP contribution is -2.38. The maximum Gasteiger partial charge on any atom is 0.193 e. The van der Waals surface area contributed by atoms with E-state index in [2.05, 4.69) is 10.3 Å². The fourth-order valence-electron chi connectivity index (χ4n) is 2.64. The molecule has 2 rings (SSSR count). The lowest BCUT2D eigenvalue weighted by atomic mass is 10.1. The fraction of sp³-hybridized carbons (Fsp3) is 0.562. The van der Waals surface area contributed by atoms with Crippen LogP contribution in [0.5, 0.6) is 0 Å². The Hall–Kier alpha value is -1.27. The minimum atomic E-state index is -2.84. The molecule has 1 fully saturated rings. The molecule has 1 atom stereocenters. The van der Waals surface area contributed by atoms with Crippen LogP contribution in [0, 0.1) is 5.92 Å². The number of hydrogen-bond donors (Lipinski definition) is 1. The average Bonchev–Trinajstić information content (AvgIpc) is 2.85. The summed E-state index contributed by atoms with van der Waals surface area (Å²) < 4.78 is 23.1. The summed E-state index contributed by atoms with van der Waals surface area (Å²) in [6.07, 6.45) is 0.714. The number of aliphatic imine (C=N–C) groups is 1. The highest BCUT2D eigenvalue weighted by Crippen LogP contribution is 2.18. The van der Waals surface area contributed by atoms with Crippen LogP contribution in [-0.4, -0.2) is 50.9 Å². The third-order valence-electron chi connectivity index (χ3n) is 3.86. The van der Waals surface area contributed by atoms with Crippen molar-refractivity contribution in [3.05, 3.63) is 34.9 Å². The van der Waals surface area contributed by atoms with E-state index in [1.54, 1.807) is 0 Å². The van der Waals surface area contributed by atoms with Crippen molar-refractivity contribution in [2.45, 2.75) is 19.9 Å². The normalized spacial score (nSPS) is 20.5. The first-order valence-electron chi connectivity index (χ1n) is 7.84. The number of nitrogens with zero attached hydrogens (tertiary/aromatic N) is 2. The van der Waals surface area contributed by atoms with Crippen LogP contribution in [0.2, 0.25) is 5.02 Å². The molecule has 7 heteroatoms. The first kappa shape index (κ1) is 18.1. The summed E-state index contributed by atoms with van der Waals surface area (Å²) in [5.74, 6) is 1.49. The van der Waals surface area contributed by atoms with Crippen molar-refractivity contribution in [1.82, 2.24) is 10.2 Å². The van der Waals surface area contributed by atoms with Crippen molar-refractivity contribution in [1.29, 1.82) is 0 Å². The van der Waals surface area contributed by atoms with Gasteiger partial charge in [-0.15, -0.1) is 0 Å². The highest BCUT2D eigenvalue weighted by Gasteiger charge is 2.27. The molecule has 0 aromatic heterocycles. The monoisotopic (exact) mass is 357 g/mol. The van der Waals surface area contributed by atoms with E-state index in [0.29, 0.717) is 25.3 Å². The zero-order valence-electron chi connectivity index (χ0n) is 13.6. The predicted octanol–water partition coefficient (Wildman–Crippen LogP) is 2.17. The summed E-state index contributed by atoms with van der Waals surface area (Å²) >= 11 is 5.91. The summed E-state index contributed by atoms with van der Waals surface area (Å²) in [5.41, 5.74) is 1.14. The minimum Gasteiger partial charge on any atom is -0.357 e. The van der Waals surface area contributed by atoms with Crippen LogP contribution in [0.4, 0.5) is 0 Å². The number of hydrogen-bond acceptors (Lipinski definition) is 3. The highest BCUT2D eigenvalue weighted by atomic mass is 35.5. The van der Waals surface area contributed by atoms with E-state index >= 15 is 0 Å². The van der Waals surface area contributed by atoms with Crippen LogP contribution >= 0.6 is 11.6 Å². The molecule has 23 heavy (non-hydrogen) atoms. The summed E-state index contributed by atoms with van der Waals surface area (Å²) in [5, 5.41) is 3.98. The maximum absolute atomic E-state index is 11.5. The second-order valence-corrected chi connectivity index (χ2v) is 8.61. The minimum absolute atomic E-state index is 0.137. The van der Waals surface area contributed by atoms with Crippen LogP contribution in [0.15, 0.2) is 29.3 Å². The van der Waals surface area contributed by atoms with Crippen LogP contribution in [0.3, 0.4) is 0 Å². The zero-order valence-corrected chi connectivity index (χ0v) is 15.2. The molecule has 5 nitrogen and oxygen atoms in total. The molecule has 0 bridgehead atoms. The molecule has 0 saturated carbocycles. The summed E-state index contributed by atoms with van der Waals surface area (Å²) in [7, 11) is -0.871. The van der Waals surface area contributed by atoms with E-state index in [-0.39, 0.29) is 11.7 Å². The maximum atomic E-state index is 11.5. The van der Waals surface area contributed by atoms with Gasteiger partial charge in [0.25, 0.3) is 0 Å². The molecule has 0 spiro atoms. The van der Waals surface area contributed by atoms with Crippen LogP contribution in [-0.2, 0) is 16.4 Å². The van der Waals surface area contributed by atoms with Gasteiger partial charge in [0.05, 0.1) is 11.5 Å². The topological polar surface area (TPSA) is 61.8 Å². The van der Waals surface area contributed by atoms with Crippen molar-refractivity contribution >= 4 is 27.4 Å². The summed E-state index contributed by atoms with van der Waals surface area (Å²) in [6, 6.07) is 7.73. The second-order valence-electron chi connectivity index (χ2n) is 5.95. The van der Waals surface area contributed by atoms with Crippen molar-refractivity contribution in [2.24, 2.45) is 10.9 Å². The molecular formula is C16H24ClN3O2S. The van der Waals surface area contributed by atoms with Gasteiger partial charge in [-0.25, -0.2) is 8.42 Å². The highest BCUT2D eigenvalue weighted by molar-refractivity contribution is 7.91. The van der Waals surface area contributed by atoms with Gasteiger partial charge in [-0.3, -0.25) is 4.99 Å². The Labute approximate surface area is 143 Å². The van der Waals surface area contributed by atoms with E-state index in [1.807, 2.05) is 43.1 Å². The van der Waals surface area contributed by atoms with Gasteiger partial charge < -0.3 is 10.2 Å². The van der Waals surface area contributed by atoms with Gasteiger partial charge in [-0.2, -0.15) is 0 Å². The molecule has 1 aliphatic rings. The van der Waals surface area contributed by atoms with E-state index < -0.39 is 9.84 Å². The van der Waals surface area contributed by atoms with Gasteiger partial charge in [0.1, 0.15) is 0 Å². The number of nitrogens with one attached hydrogen (secondary N) is 1. The van der Waals surface area contributed by atoms with Crippen LogP contribution < -0.4 is 5.32 Å². The molecule has 1 aromatic carbocycles. The molecule has 0 amide bonds. The Bertz CT molecular complexity index is 644. The lowest BCUT2D eigenvalue weighted by molar-refractivity contribution is 0.472. The first-order chi connectivity index (χ1) is 10.9. The molecule has 1 heterocycles. The van der Waals surface area contributed by atoms with E-state index in [9.17, 15) is 8.42 Å². The Balaban J connectivity index is 1.98. The van der Waals surface area contributed by atoms with Crippen molar-refractivity contribution in [3.8, 4) is 0 Å². The molecule has 1 unspecified atom stereocenters. The van der Waals surface area contributed by atoms with E-state index in [4.69, 9.17) is 11.6 Å². The molecular weight excluding hydrogens is 334 g/mol. The zero-order chi connectivity index (χ0) is 16.9. The third-order valence-corrected chi connectivity index (χ3v) is 5.94. The number of guanidine groups is 1. The van der Waals surface area contributed by atoms with Crippen molar-refractivity contribution in [3.63, 3.8) is 0 Å². The Kier molecular flexibility index (Phi) is 6.30. The van der Waals surface area contributed by atoms with E-state index in [0.717, 1.165) is 23.1 Å². The quantitative estimate of drug-likeness (QED) is 0.648. The molecule has 1 saturated heterocycles. The Morgan fingerprint density at radius 3 is 2.65 bits per heavy atom. The van der Waals surface area contributed by atoms with Gasteiger partial charge >= 0.3 is 0 Å². The largest absolute Gasteiger partial charge is 0.357 e. The first-order valence-corrected chi connectivity index (χ1v) is 10.0. The molecule has 128 valence electrons. The fourth-order valence-corrected chi connectivity index (χ4v) is 4.62. The summed E-state index contributed by atoms with van der Waals surface area (Å²) in [4.78, 5) is 6.65. The van der Waals surface area contributed by atoms with E-state index in [1.165, 1.54) is 0 Å².